The van der Waals surface area contributed by atoms with Crippen molar-refractivity contribution in [2.45, 2.75) is 13.3 Å². The van der Waals surface area contributed by atoms with Gasteiger partial charge in [0.1, 0.15) is 5.75 Å². The highest BCUT2D eigenvalue weighted by Crippen LogP contribution is 2.18. The molecule has 0 atom stereocenters. The fraction of sp³-hybridized carbons (Fsp3) is 0.300. The highest BCUT2D eigenvalue weighted by Gasteiger charge is 2.01. The lowest BCUT2D eigenvalue weighted by atomic mass is 10.2. The molecule has 78 valence electrons. The maximum atomic E-state index is 5.47. The second-order valence-corrected chi connectivity index (χ2v) is 3.12. The standard InChI is InChI=1S/C10H12N4O/c1-2-7-15-9-5-3-8(4-6-9)10-11-13-14-12-10/h3-6H,2,7H2,1H3,(H,11,12,13,14). The van der Waals surface area contributed by atoms with E-state index in [2.05, 4.69) is 27.5 Å². The number of tetrazole rings is 1. The molecule has 1 aromatic heterocycles. The molecule has 0 aliphatic carbocycles. The minimum Gasteiger partial charge on any atom is -0.494 e. The second kappa shape index (κ2) is 4.54. The Hall–Kier alpha value is -1.91. The normalized spacial score (nSPS) is 10.2. The number of hydrogen-bond acceptors (Lipinski definition) is 4. The maximum Gasteiger partial charge on any atom is 0.179 e. The van der Waals surface area contributed by atoms with Gasteiger partial charge in [0.25, 0.3) is 0 Å². The lowest BCUT2D eigenvalue weighted by molar-refractivity contribution is 0.317. The van der Waals surface area contributed by atoms with Crippen LogP contribution in [-0.2, 0) is 0 Å². The SMILES string of the molecule is CCCOc1ccc(-c2nnn[nH]2)cc1. The molecule has 0 radical (unpaired) electrons. The number of nitrogens with one attached hydrogen (secondary N) is 1. The van der Waals surface area contributed by atoms with Crippen molar-refractivity contribution in [3.8, 4) is 17.1 Å². The monoisotopic (exact) mass is 204 g/mol. The highest BCUT2D eigenvalue weighted by molar-refractivity contribution is 5.54. The van der Waals surface area contributed by atoms with E-state index < -0.39 is 0 Å². The summed E-state index contributed by atoms with van der Waals surface area (Å²) >= 11 is 0. The second-order valence-electron chi connectivity index (χ2n) is 3.12. The molecule has 5 heteroatoms. The molecule has 0 aliphatic rings. The summed E-state index contributed by atoms with van der Waals surface area (Å²) in [6.45, 7) is 2.82. The fourth-order valence-corrected chi connectivity index (χ4v) is 1.21. The molecule has 5 nitrogen and oxygen atoms in total. The zero-order valence-corrected chi connectivity index (χ0v) is 8.47. The van der Waals surface area contributed by atoms with Crippen LogP contribution >= 0.6 is 0 Å². The molecule has 15 heavy (non-hydrogen) atoms. The number of benzene rings is 1. The van der Waals surface area contributed by atoms with Crippen LogP contribution in [-0.4, -0.2) is 27.2 Å². The molecule has 1 N–H and O–H groups in total. The molecule has 0 bridgehead atoms. The van der Waals surface area contributed by atoms with Crippen LogP contribution in [0.4, 0.5) is 0 Å². The topological polar surface area (TPSA) is 63.7 Å². The lowest BCUT2D eigenvalue weighted by Gasteiger charge is -2.04. The number of aromatic nitrogens is 4. The van der Waals surface area contributed by atoms with E-state index in [1.54, 1.807) is 0 Å². The van der Waals surface area contributed by atoms with Crippen LogP contribution in [0.5, 0.6) is 5.75 Å². The van der Waals surface area contributed by atoms with Gasteiger partial charge in [0.2, 0.25) is 0 Å². The van der Waals surface area contributed by atoms with Crippen molar-refractivity contribution in [3.05, 3.63) is 24.3 Å². The Balaban J connectivity index is 2.11. The number of H-pyrrole nitrogens is 1. The Morgan fingerprint density at radius 2 is 2.07 bits per heavy atom. The molecule has 0 saturated carbocycles. The molecule has 2 aromatic rings. The van der Waals surface area contributed by atoms with Gasteiger partial charge in [-0.2, -0.15) is 0 Å². The van der Waals surface area contributed by atoms with Gasteiger partial charge in [0, 0.05) is 5.56 Å². The van der Waals surface area contributed by atoms with Crippen molar-refractivity contribution < 1.29 is 4.74 Å². The van der Waals surface area contributed by atoms with Crippen LogP contribution in [0.15, 0.2) is 24.3 Å². The molecular weight excluding hydrogens is 192 g/mol. The Kier molecular flexibility index (Phi) is 2.92. The summed E-state index contributed by atoms with van der Waals surface area (Å²) in [5.41, 5.74) is 0.948. The zero-order valence-electron chi connectivity index (χ0n) is 8.47. The van der Waals surface area contributed by atoms with Gasteiger partial charge in [-0.15, -0.1) is 5.10 Å². The Labute approximate surface area is 87.5 Å². The molecule has 0 amide bonds. The van der Waals surface area contributed by atoms with Crippen LogP contribution in [0.1, 0.15) is 13.3 Å². The summed E-state index contributed by atoms with van der Waals surface area (Å²) in [5, 5.41) is 13.6. The predicted octanol–water partition coefficient (Wildman–Crippen LogP) is 1.66. The Morgan fingerprint density at radius 1 is 1.27 bits per heavy atom. The molecule has 2 rings (SSSR count). The third-order valence-corrected chi connectivity index (χ3v) is 1.95. The molecule has 0 unspecified atom stereocenters. The van der Waals surface area contributed by atoms with Crippen LogP contribution in [0.3, 0.4) is 0 Å². The van der Waals surface area contributed by atoms with Crippen LogP contribution in [0.2, 0.25) is 0 Å². The van der Waals surface area contributed by atoms with Crippen molar-refractivity contribution in [1.29, 1.82) is 0 Å². The summed E-state index contributed by atoms with van der Waals surface area (Å²) in [6, 6.07) is 7.67. The van der Waals surface area contributed by atoms with E-state index in [0.29, 0.717) is 5.82 Å². The highest BCUT2D eigenvalue weighted by atomic mass is 16.5. The lowest BCUT2D eigenvalue weighted by Crippen LogP contribution is -1.94. The van der Waals surface area contributed by atoms with Crippen molar-refractivity contribution in [3.63, 3.8) is 0 Å². The molecule has 1 heterocycles. The maximum absolute atomic E-state index is 5.47. The molecule has 0 saturated heterocycles. The largest absolute Gasteiger partial charge is 0.494 e. The molecule has 0 spiro atoms. The molecular formula is C10H12N4O. The summed E-state index contributed by atoms with van der Waals surface area (Å²) in [4.78, 5) is 0. The van der Waals surface area contributed by atoms with E-state index in [9.17, 15) is 0 Å². The van der Waals surface area contributed by atoms with Crippen molar-refractivity contribution in [2.24, 2.45) is 0 Å². The van der Waals surface area contributed by atoms with E-state index in [0.717, 1.165) is 24.3 Å². The van der Waals surface area contributed by atoms with Gasteiger partial charge in [0.05, 0.1) is 6.61 Å². The third-order valence-electron chi connectivity index (χ3n) is 1.95. The van der Waals surface area contributed by atoms with E-state index in [-0.39, 0.29) is 0 Å². The summed E-state index contributed by atoms with van der Waals surface area (Å²) in [7, 11) is 0. The molecule has 1 aromatic carbocycles. The van der Waals surface area contributed by atoms with Gasteiger partial charge in [-0.05, 0) is 41.1 Å². The number of rotatable bonds is 4. The van der Waals surface area contributed by atoms with Crippen LogP contribution in [0.25, 0.3) is 11.4 Å². The van der Waals surface area contributed by atoms with Crippen molar-refractivity contribution in [1.82, 2.24) is 20.6 Å². The first-order valence-corrected chi connectivity index (χ1v) is 4.87. The first-order chi connectivity index (χ1) is 7.40. The minimum atomic E-state index is 0.664. The zero-order chi connectivity index (χ0) is 10.5. The summed E-state index contributed by atoms with van der Waals surface area (Å²) < 4.78 is 5.47. The van der Waals surface area contributed by atoms with Crippen LogP contribution in [0, 0.1) is 0 Å². The first kappa shape index (κ1) is 9.64. The van der Waals surface area contributed by atoms with Gasteiger partial charge in [-0.1, -0.05) is 6.92 Å². The fourth-order valence-electron chi connectivity index (χ4n) is 1.21. The number of aromatic amines is 1. The quantitative estimate of drug-likeness (QED) is 0.822. The number of ether oxygens (including phenoxy) is 1. The van der Waals surface area contributed by atoms with Gasteiger partial charge in [0.15, 0.2) is 5.82 Å². The van der Waals surface area contributed by atoms with E-state index in [1.165, 1.54) is 0 Å². The smallest absolute Gasteiger partial charge is 0.179 e. The minimum absolute atomic E-state index is 0.664. The Morgan fingerprint density at radius 3 is 2.67 bits per heavy atom. The predicted molar refractivity (Wildman–Crippen MR) is 55.4 cm³/mol. The molecule has 0 aliphatic heterocycles. The van der Waals surface area contributed by atoms with E-state index in [4.69, 9.17) is 4.74 Å². The number of hydrogen-bond donors (Lipinski definition) is 1. The first-order valence-electron chi connectivity index (χ1n) is 4.87. The van der Waals surface area contributed by atoms with E-state index >= 15 is 0 Å². The molecule has 0 fully saturated rings. The van der Waals surface area contributed by atoms with Crippen LogP contribution < -0.4 is 4.74 Å². The Bertz CT molecular complexity index is 396. The van der Waals surface area contributed by atoms with Crippen molar-refractivity contribution >= 4 is 0 Å². The summed E-state index contributed by atoms with van der Waals surface area (Å²) in [5.74, 6) is 1.53. The number of nitrogens with zero attached hydrogens (tertiary/aromatic N) is 3. The van der Waals surface area contributed by atoms with Gasteiger partial charge in [-0.3, -0.25) is 0 Å². The van der Waals surface area contributed by atoms with Crippen molar-refractivity contribution in [2.75, 3.05) is 6.61 Å². The van der Waals surface area contributed by atoms with Gasteiger partial charge >= 0.3 is 0 Å². The third kappa shape index (κ3) is 2.31. The average molecular weight is 204 g/mol. The summed E-state index contributed by atoms with van der Waals surface area (Å²) in [6.07, 6.45) is 1.01. The van der Waals surface area contributed by atoms with Gasteiger partial charge < -0.3 is 4.74 Å². The van der Waals surface area contributed by atoms with E-state index in [1.807, 2.05) is 24.3 Å². The van der Waals surface area contributed by atoms with Gasteiger partial charge in [-0.25, -0.2) is 5.10 Å². The average Bonchev–Trinajstić information content (AvgIpc) is 2.80.